The van der Waals surface area contributed by atoms with Crippen LogP contribution in [0.15, 0.2) is 54.7 Å². The van der Waals surface area contributed by atoms with Crippen molar-refractivity contribution in [3.8, 4) is 11.3 Å². The molecule has 1 aromatic carbocycles. The molecule has 1 amide bonds. The lowest BCUT2D eigenvalue weighted by Crippen LogP contribution is -2.48. The van der Waals surface area contributed by atoms with Crippen LogP contribution in [0.5, 0.6) is 0 Å². The van der Waals surface area contributed by atoms with Gasteiger partial charge in [0.15, 0.2) is 5.69 Å². The van der Waals surface area contributed by atoms with Gasteiger partial charge in [0.1, 0.15) is 0 Å². The lowest BCUT2D eigenvalue weighted by Gasteiger charge is -2.40. The minimum atomic E-state index is -4.51. The van der Waals surface area contributed by atoms with Crippen molar-refractivity contribution in [3.63, 3.8) is 0 Å². The molecule has 1 aliphatic rings. The van der Waals surface area contributed by atoms with Gasteiger partial charge in [0.05, 0.1) is 11.4 Å². The first-order valence-electron chi connectivity index (χ1n) is 11.5. The molecule has 0 radical (unpaired) electrons. The first-order valence-corrected chi connectivity index (χ1v) is 11.5. The molecule has 0 N–H and O–H groups in total. The van der Waals surface area contributed by atoms with Crippen LogP contribution in [0.25, 0.3) is 11.3 Å². The van der Waals surface area contributed by atoms with Crippen molar-refractivity contribution in [1.29, 1.82) is 0 Å². The number of rotatable bonds is 5. The number of alkyl halides is 3. The molecule has 0 unspecified atom stereocenters. The van der Waals surface area contributed by atoms with Gasteiger partial charge in [-0.05, 0) is 68.9 Å². The van der Waals surface area contributed by atoms with E-state index in [2.05, 4.69) is 22.1 Å². The number of aromatic nitrogens is 3. The van der Waals surface area contributed by atoms with Crippen LogP contribution in [0.2, 0.25) is 0 Å². The van der Waals surface area contributed by atoms with Crippen molar-refractivity contribution in [2.45, 2.75) is 51.7 Å². The normalized spacial score (nSPS) is 18.7. The average Bonchev–Trinajstić information content (AvgIpc) is 2.83. The van der Waals surface area contributed by atoms with Gasteiger partial charge in [-0.1, -0.05) is 30.7 Å². The molecule has 5 nitrogen and oxygen atoms in total. The molecule has 8 heteroatoms. The molecule has 3 heterocycles. The molecule has 1 fully saturated rings. The Balaban J connectivity index is 1.57. The molecule has 0 saturated carbocycles. The van der Waals surface area contributed by atoms with Crippen LogP contribution in [0.4, 0.5) is 13.2 Å². The van der Waals surface area contributed by atoms with Gasteiger partial charge in [0.2, 0.25) is 0 Å². The van der Waals surface area contributed by atoms with Crippen LogP contribution in [-0.4, -0.2) is 38.6 Å². The third-order valence-electron chi connectivity index (χ3n) is 6.43. The van der Waals surface area contributed by atoms with E-state index in [0.717, 1.165) is 35.7 Å². The van der Waals surface area contributed by atoms with Gasteiger partial charge in [-0.15, -0.1) is 5.10 Å². The summed E-state index contributed by atoms with van der Waals surface area (Å²) in [7, 11) is 0. The topological polar surface area (TPSA) is 59.0 Å². The SMILES string of the molecule is Cc1ccc(-c2ccccn2)c(C(=O)N2CCC[C@@H](C)[C@H]2CCc2ccc(C(F)(F)F)nn2)c1. The Morgan fingerprint density at radius 2 is 1.94 bits per heavy atom. The van der Waals surface area contributed by atoms with E-state index in [9.17, 15) is 18.0 Å². The van der Waals surface area contributed by atoms with Gasteiger partial charge in [-0.25, -0.2) is 0 Å². The highest BCUT2D eigenvalue weighted by Crippen LogP contribution is 2.31. The first kappa shape index (κ1) is 23.9. The Labute approximate surface area is 197 Å². The number of likely N-dealkylation sites (tertiary alicyclic amines) is 1. The third-order valence-corrected chi connectivity index (χ3v) is 6.43. The van der Waals surface area contributed by atoms with Crippen LogP contribution in [0.1, 0.15) is 53.5 Å². The second kappa shape index (κ2) is 9.91. The zero-order valence-electron chi connectivity index (χ0n) is 19.2. The largest absolute Gasteiger partial charge is 0.435 e. The van der Waals surface area contributed by atoms with Gasteiger partial charge in [0.25, 0.3) is 5.91 Å². The van der Waals surface area contributed by atoms with Crippen molar-refractivity contribution in [1.82, 2.24) is 20.1 Å². The van der Waals surface area contributed by atoms with Crippen molar-refractivity contribution in [3.05, 3.63) is 77.2 Å². The molecular formula is C26H27F3N4O. The summed E-state index contributed by atoms with van der Waals surface area (Å²) in [5, 5.41) is 7.09. The van der Waals surface area contributed by atoms with Crippen LogP contribution in [-0.2, 0) is 12.6 Å². The number of hydrogen-bond acceptors (Lipinski definition) is 4. The summed E-state index contributed by atoms with van der Waals surface area (Å²) < 4.78 is 38.3. The molecule has 2 atom stereocenters. The summed E-state index contributed by atoms with van der Waals surface area (Å²) in [4.78, 5) is 20.2. The molecular weight excluding hydrogens is 441 g/mol. The zero-order chi connectivity index (χ0) is 24.3. The van der Waals surface area contributed by atoms with Crippen molar-refractivity contribution >= 4 is 5.91 Å². The number of nitrogens with zero attached hydrogens (tertiary/aromatic N) is 4. The highest BCUT2D eigenvalue weighted by Gasteiger charge is 2.34. The predicted molar refractivity (Wildman–Crippen MR) is 123 cm³/mol. The highest BCUT2D eigenvalue weighted by molar-refractivity contribution is 6.01. The lowest BCUT2D eigenvalue weighted by molar-refractivity contribution is -0.141. The average molecular weight is 469 g/mol. The summed E-state index contributed by atoms with van der Waals surface area (Å²) in [6, 6.07) is 13.7. The van der Waals surface area contributed by atoms with Crippen LogP contribution >= 0.6 is 0 Å². The van der Waals surface area contributed by atoms with Crippen LogP contribution < -0.4 is 0 Å². The Bertz CT molecular complexity index is 1130. The van der Waals surface area contributed by atoms with Crippen molar-refractivity contribution in [2.75, 3.05) is 6.54 Å². The fourth-order valence-corrected chi connectivity index (χ4v) is 4.62. The molecule has 1 saturated heterocycles. The molecule has 0 aliphatic carbocycles. The fourth-order valence-electron chi connectivity index (χ4n) is 4.62. The van der Waals surface area contributed by atoms with Gasteiger partial charge in [0, 0.05) is 29.9 Å². The predicted octanol–water partition coefficient (Wildman–Crippen LogP) is 5.74. The lowest BCUT2D eigenvalue weighted by atomic mass is 9.86. The summed E-state index contributed by atoms with van der Waals surface area (Å²) in [6.45, 7) is 4.72. The maximum atomic E-state index is 13.8. The summed E-state index contributed by atoms with van der Waals surface area (Å²) >= 11 is 0. The molecule has 0 spiro atoms. The molecule has 1 aliphatic heterocycles. The van der Waals surface area contributed by atoms with Gasteiger partial charge in [-0.3, -0.25) is 9.78 Å². The van der Waals surface area contributed by atoms with E-state index in [0.29, 0.717) is 30.6 Å². The zero-order valence-corrected chi connectivity index (χ0v) is 19.2. The third kappa shape index (κ3) is 5.26. The molecule has 0 bridgehead atoms. The molecule has 2 aromatic heterocycles. The van der Waals surface area contributed by atoms with E-state index in [1.807, 2.05) is 48.2 Å². The minimum Gasteiger partial charge on any atom is -0.335 e. The Morgan fingerprint density at radius 3 is 2.62 bits per heavy atom. The van der Waals surface area contributed by atoms with Crippen molar-refractivity contribution < 1.29 is 18.0 Å². The number of pyridine rings is 1. The quantitative estimate of drug-likeness (QED) is 0.479. The van der Waals surface area contributed by atoms with Gasteiger partial charge in [-0.2, -0.15) is 18.3 Å². The molecule has 34 heavy (non-hydrogen) atoms. The van der Waals surface area contributed by atoms with Gasteiger partial charge >= 0.3 is 6.18 Å². The van der Waals surface area contributed by atoms with E-state index in [-0.39, 0.29) is 17.9 Å². The van der Waals surface area contributed by atoms with E-state index < -0.39 is 11.9 Å². The fraction of sp³-hybridized carbons (Fsp3) is 0.385. The summed E-state index contributed by atoms with van der Waals surface area (Å²) in [6.07, 6.45) is 0.164. The van der Waals surface area contributed by atoms with Crippen LogP contribution in [0, 0.1) is 12.8 Å². The number of amides is 1. The Morgan fingerprint density at radius 1 is 1.12 bits per heavy atom. The first-order chi connectivity index (χ1) is 16.2. The minimum absolute atomic E-state index is 0.0394. The second-order valence-electron chi connectivity index (χ2n) is 8.90. The molecule has 178 valence electrons. The number of hydrogen-bond donors (Lipinski definition) is 0. The maximum Gasteiger partial charge on any atom is 0.435 e. The number of aryl methyl sites for hydroxylation is 2. The van der Waals surface area contributed by atoms with Crippen molar-refractivity contribution in [2.24, 2.45) is 5.92 Å². The highest BCUT2D eigenvalue weighted by atomic mass is 19.4. The maximum absolute atomic E-state index is 13.8. The molecule has 4 rings (SSSR count). The number of carbonyl (C=O) groups is 1. The summed E-state index contributed by atoms with van der Waals surface area (Å²) in [5.41, 5.74) is 2.63. The van der Waals surface area contributed by atoms with Gasteiger partial charge < -0.3 is 4.90 Å². The number of halogens is 3. The van der Waals surface area contributed by atoms with E-state index in [4.69, 9.17) is 0 Å². The van der Waals surface area contributed by atoms with Crippen LogP contribution in [0.3, 0.4) is 0 Å². The van der Waals surface area contributed by atoms with E-state index >= 15 is 0 Å². The standard InChI is InChI=1S/C26H27F3N4O/c1-17-8-11-20(22-7-3-4-14-30-22)21(16-17)25(34)33-15-5-6-18(2)23(33)12-9-19-10-13-24(32-31-19)26(27,28)29/h3-4,7-8,10-11,13-14,16,18,23H,5-6,9,12,15H2,1-2H3/t18-,23-/m1/s1. The smallest absolute Gasteiger partial charge is 0.335 e. The second-order valence-corrected chi connectivity index (χ2v) is 8.90. The summed E-state index contributed by atoms with van der Waals surface area (Å²) in [5.74, 6) is 0.225. The number of carbonyl (C=O) groups excluding carboxylic acids is 1. The number of benzene rings is 1. The number of piperidine rings is 1. The molecule has 3 aromatic rings. The van der Waals surface area contributed by atoms with E-state index in [1.54, 1.807) is 6.20 Å². The monoisotopic (exact) mass is 468 g/mol. The van der Waals surface area contributed by atoms with E-state index in [1.165, 1.54) is 6.07 Å². The Hall–Kier alpha value is -3.29. The Kier molecular flexibility index (Phi) is 6.95.